The molecule has 1 saturated heterocycles. The van der Waals surface area contributed by atoms with Gasteiger partial charge in [0.05, 0.1) is 18.1 Å². The molecule has 0 aromatic heterocycles. The summed E-state index contributed by atoms with van der Waals surface area (Å²) in [5.41, 5.74) is 0.904. The molecule has 1 aromatic rings. The third kappa shape index (κ3) is 6.77. The van der Waals surface area contributed by atoms with Gasteiger partial charge in [-0.2, -0.15) is 0 Å². The van der Waals surface area contributed by atoms with Gasteiger partial charge in [0, 0.05) is 22.6 Å². The van der Waals surface area contributed by atoms with Gasteiger partial charge in [-0.25, -0.2) is 13.4 Å². The quantitative estimate of drug-likeness (QED) is 0.357. The Kier molecular flexibility index (Phi) is 7.67. The Morgan fingerprint density at radius 2 is 2.00 bits per heavy atom. The first-order valence-electron chi connectivity index (χ1n) is 8.10. The second-order valence-corrected chi connectivity index (χ2v) is 9.54. The zero-order valence-corrected chi connectivity index (χ0v) is 18.3. The lowest BCUT2D eigenvalue weighted by Crippen LogP contribution is -2.41. The molecule has 1 unspecified atom stereocenters. The molecule has 5 nitrogen and oxygen atoms in total. The van der Waals surface area contributed by atoms with Gasteiger partial charge >= 0.3 is 0 Å². The van der Waals surface area contributed by atoms with Gasteiger partial charge in [0.25, 0.3) is 0 Å². The van der Waals surface area contributed by atoms with Crippen molar-refractivity contribution in [3.8, 4) is 0 Å². The average Bonchev–Trinajstić information content (AvgIpc) is 3.26. The lowest BCUT2D eigenvalue weighted by atomic mass is 10.1. The number of nitrogens with zero attached hydrogens (tertiary/aromatic N) is 1. The third-order valence-electron chi connectivity index (χ3n) is 4.23. The van der Waals surface area contributed by atoms with Gasteiger partial charge in [0.1, 0.15) is 0 Å². The van der Waals surface area contributed by atoms with E-state index in [1.807, 2.05) is 6.07 Å². The molecule has 2 N–H and O–H groups in total. The molecule has 1 saturated carbocycles. The number of sulfone groups is 1. The normalized spacial score (nSPS) is 22.3. The van der Waals surface area contributed by atoms with Crippen LogP contribution >= 0.6 is 47.2 Å². The molecule has 25 heavy (non-hydrogen) atoms. The van der Waals surface area contributed by atoms with Gasteiger partial charge in [-0.3, -0.25) is 0 Å². The summed E-state index contributed by atoms with van der Waals surface area (Å²) in [6, 6.07) is 5.83. The van der Waals surface area contributed by atoms with Crippen LogP contribution < -0.4 is 10.6 Å². The Labute approximate surface area is 175 Å². The van der Waals surface area contributed by atoms with Crippen molar-refractivity contribution in [1.82, 2.24) is 10.6 Å². The summed E-state index contributed by atoms with van der Waals surface area (Å²) in [6.07, 6.45) is 3.00. The molecule has 1 aliphatic carbocycles. The average molecular weight is 518 g/mol. The monoisotopic (exact) mass is 517 g/mol. The maximum absolute atomic E-state index is 11.6. The van der Waals surface area contributed by atoms with E-state index in [4.69, 9.17) is 23.2 Å². The molecule has 0 amide bonds. The van der Waals surface area contributed by atoms with Crippen molar-refractivity contribution in [3.63, 3.8) is 0 Å². The van der Waals surface area contributed by atoms with Crippen LogP contribution in [0.1, 0.15) is 24.8 Å². The Morgan fingerprint density at radius 3 is 2.60 bits per heavy atom. The van der Waals surface area contributed by atoms with E-state index in [2.05, 4.69) is 15.6 Å². The third-order valence-corrected chi connectivity index (χ3v) is 6.65. The van der Waals surface area contributed by atoms with Gasteiger partial charge in [0.2, 0.25) is 0 Å². The van der Waals surface area contributed by atoms with Crippen LogP contribution in [0.15, 0.2) is 23.2 Å². The van der Waals surface area contributed by atoms with E-state index in [1.54, 1.807) is 12.1 Å². The Bertz CT molecular complexity index is 739. The first-order chi connectivity index (χ1) is 11.4. The largest absolute Gasteiger partial charge is 0.356 e. The fourth-order valence-electron chi connectivity index (χ4n) is 2.66. The maximum Gasteiger partial charge on any atom is 0.191 e. The van der Waals surface area contributed by atoms with Crippen LogP contribution in [-0.4, -0.2) is 38.5 Å². The van der Waals surface area contributed by atoms with E-state index in [0.29, 0.717) is 40.9 Å². The highest BCUT2D eigenvalue weighted by atomic mass is 127. The molecule has 1 heterocycles. The summed E-state index contributed by atoms with van der Waals surface area (Å²) in [5, 5.41) is 7.83. The minimum absolute atomic E-state index is 0. The standard InChI is InChI=1S/C16H21Cl2N3O2S.HI/c17-13-2-1-12(15(18)7-13)9-20-16(21-14-3-4-14)19-8-11-5-6-24(22,23)10-11;/h1-2,7,11,14H,3-6,8-10H2,(H2,19,20,21);1H. The summed E-state index contributed by atoms with van der Waals surface area (Å²) in [5.74, 6) is 1.43. The zero-order valence-electron chi connectivity index (χ0n) is 13.7. The molecule has 1 aromatic carbocycles. The van der Waals surface area contributed by atoms with Crippen molar-refractivity contribution in [2.45, 2.75) is 31.8 Å². The van der Waals surface area contributed by atoms with E-state index in [1.165, 1.54) is 0 Å². The molecule has 1 aliphatic heterocycles. The second kappa shape index (κ2) is 9.10. The predicted molar refractivity (Wildman–Crippen MR) is 114 cm³/mol. The topological polar surface area (TPSA) is 70.6 Å². The van der Waals surface area contributed by atoms with E-state index in [0.717, 1.165) is 24.8 Å². The first kappa shape index (κ1) is 21.1. The number of hydrogen-bond donors (Lipinski definition) is 2. The molecule has 0 radical (unpaired) electrons. The number of benzene rings is 1. The number of rotatable bonds is 5. The Morgan fingerprint density at radius 1 is 1.24 bits per heavy atom. The predicted octanol–water partition coefficient (Wildman–Crippen LogP) is 3.24. The summed E-state index contributed by atoms with van der Waals surface area (Å²) in [4.78, 5) is 4.58. The van der Waals surface area contributed by atoms with Crippen LogP contribution in [0.3, 0.4) is 0 Å². The summed E-state index contributed by atoms with van der Waals surface area (Å²) >= 11 is 12.1. The van der Waals surface area contributed by atoms with Crippen LogP contribution in [-0.2, 0) is 16.4 Å². The van der Waals surface area contributed by atoms with Crippen LogP contribution in [0.4, 0.5) is 0 Å². The number of nitrogens with one attached hydrogen (secondary N) is 2. The zero-order chi connectivity index (χ0) is 17.2. The number of halogens is 3. The van der Waals surface area contributed by atoms with Crippen molar-refractivity contribution in [2.75, 3.05) is 18.1 Å². The Balaban J connectivity index is 0.00000225. The highest BCUT2D eigenvalue weighted by Gasteiger charge is 2.28. The van der Waals surface area contributed by atoms with Crippen molar-refractivity contribution >= 4 is 63.0 Å². The van der Waals surface area contributed by atoms with E-state index in [9.17, 15) is 8.42 Å². The molecule has 1 atom stereocenters. The van der Waals surface area contributed by atoms with Crippen molar-refractivity contribution in [2.24, 2.45) is 10.9 Å². The molecular weight excluding hydrogens is 496 g/mol. The van der Waals surface area contributed by atoms with Gasteiger partial charge in [-0.1, -0.05) is 29.3 Å². The molecular formula is C16H22Cl2IN3O2S. The highest BCUT2D eigenvalue weighted by molar-refractivity contribution is 14.0. The fraction of sp³-hybridized carbons (Fsp3) is 0.562. The fourth-order valence-corrected chi connectivity index (χ4v) is 4.99. The maximum atomic E-state index is 11.6. The molecule has 2 aliphatic rings. The minimum Gasteiger partial charge on any atom is -0.356 e. The van der Waals surface area contributed by atoms with Crippen LogP contribution in [0.2, 0.25) is 10.0 Å². The summed E-state index contributed by atoms with van der Waals surface area (Å²) in [7, 11) is -2.85. The molecule has 2 fully saturated rings. The van der Waals surface area contributed by atoms with Gasteiger partial charge in [-0.15, -0.1) is 24.0 Å². The molecule has 0 spiro atoms. The van der Waals surface area contributed by atoms with E-state index < -0.39 is 9.84 Å². The lowest BCUT2D eigenvalue weighted by Gasteiger charge is -2.15. The lowest BCUT2D eigenvalue weighted by molar-refractivity contribution is 0.566. The summed E-state index contributed by atoms with van der Waals surface area (Å²) in [6.45, 7) is 1.06. The smallest absolute Gasteiger partial charge is 0.191 e. The van der Waals surface area contributed by atoms with Gasteiger partial charge in [-0.05, 0) is 42.9 Å². The highest BCUT2D eigenvalue weighted by Crippen LogP contribution is 2.22. The number of guanidine groups is 1. The SMILES string of the molecule is I.O=S1(=O)CCC(CNC(=NCc2ccc(Cl)cc2Cl)NC2CC2)C1. The van der Waals surface area contributed by atoms with Crippen molar-refractivity contribution < 1.29 is 8.42 Å². The minimum atomic E-state index is -2.85. The molecule has 0 bridgehead atoms. The van der Waals surface area contributed by atoms with Crippen LogP contribution in [0.25, 0.3) is 0 Å². The van der Waals surface area contributed by atoms with Crippen molar-refractivity contribution in [1.29, 1.82) is 0 Å². The van der Waals surface area contributed by atoms with E-state index >= 15 is 0 Å². The van der Waals surface area contributed by atoms with Gasteiger partial charge < -0.3 is 10.6 Å². The molecule has 140 valence electrons. The molecule has 9 heteroatoms. The molecule has 3 rings (SSSR count). The number of hydrogen-bond acceptors (Lipinski definition) is 3. The van der Waals surface area contributed by atoms with Crippen LogP contribution in [0, 0.1) is 5.92 Å². The summed E-state index contributed by atoms with van der Waals surface area (Å²) < 4.78 is 23.1. The van der Waals surface area contributed by atoms with E-state index in [-0.39, 0.29) is 35.6 Å². The second-order valence-electron chi connectivity index (χ2n) is 6.47. The first-order valence-corrected chi connectivity index (χ1v) is 10.7. The van der Waals surface area contributed by atoms with Crippen LogP contribution in [0.5, 0.6) is 0 Å². The number of aliphatic imine (C=N–C) groups is 1. The van der Waals surface area contributed by atoms with Crippen molar-refractivity contribution in [3.05, 3.63) is 33.8 Å². The van der Waals surface area contributed by atoms with Gasteiger partial charge in [0.15, 0.2) is 15.8 Å². The Hall–Kier alpha value is -0.250.